The van der Waals surface area contributed by atoms with E-state index in [0.717, 1.165) is 24.4 Å². The molecule has 0 spiro atoms. The van der Waals surface area contributed by atoms with Gasteiger partial charge in [0.05, 0.1) is 13.7 Å². The van der Waals surface area contributed by atoms with E-state index < -0.39 is 0 Å². The highest BCUT2D eigenvalue weighted by Gasteiger charge is 2.31. The van der Waals surface area contributed by atoms with Gasteiger partial charge >= 0.3 is 0 Å². The Hall–Kier alpha value is -1.50. The highest BCUT2D eigenvalue weighted by Crippen LogP contribution is 2.31. The lowest BCUT2D eigenvalue weighted by atomic mass is 10.0. The third kappa shape index (κ3) is 3.33. The van der Waals surface area contributed by atoms with Crippen LogP contribution >= 0.6 is 0 Å². The zero-order valence-electron chi connectivity index (χ0n) is 12.7. The molecule has 2 rings (SSSR count). The highest BCUT2D eigenvalue weighted by atomic mass is 16.5. The lowest BCUT2D eigenvalue weighted by Crippen LogP contribution is -2.37. The van der Waals surface area contributed by atoms with Crippen LogP contribution in [0, 0.1) is 11.8 Å². The summed E-state index contributed by atoms with van der Waals surface area (Å²) in [5.41, 5.74) is 8.02. The van der Waals surface area contributed by atoms with Gasteiger partial charge in [0, 0.05) is 17.6 Å². The number of ether oxygens (including phenoxy) is 1. The van der Waals surface area contributed by atoms with Gasteiger partial charge < -0.3 is 10.5 Å². The number of rotatable bonds is 3. The van der Waals surface area contributed by atoms with Crippen molar-refractivity contribution >= 4 is 0 Å². The first-order valence-electron chi connectivity index (χ1n) is 7.18. The Kier molecular flexibility index (Phi) is 4.69. The van der Waals surface area contributed by atoms with Gasteiger partial charge in [-0.15, -0.1) is 0 Å². The van der Waals surface area contributed by atoms with E-state index in [-0.39, 0.29) is 5.54 Å². The number of likely N-dealkylation sites (tertiary alicyclic amines) is 1. The van der Waals surface area contributed by atoms with Gasteiger partial charge in [0.25, 0.3) is 0 Å². The highest BCUT2D eigenvalue weighted by molar-refractivity contribution is 5.45. The first kappa shape index (κ1) is 14.9. The van der Waals surface area contributed by atoms with Crippen LogP contribution in [0.1, 0.15) is 37.8 Å². The molecule has 0 unspecified atom stereocenters. The van der Waals surface area contributed by atoms with Crippen LogP contribution in [0.15, 0.2) is 18.2 Å². The van der Waals surface area contributed by atoms with E-state index in [4.69, 9.17) is 10.5 Å². The molecule has 0 radical (unpaired) electrons. The lowest BCUT2D eigenvalue weighted by Gasteiger charge is -2.32. The van der Waals surface area contributed by atoms with Crippen LogP contribution in [-0.4, -0.2) is 30.6 Å². The Morgan fingerprint density at radius 1 is 1.40 bits per heavy atom. The van der Waals surface area contributed by atoms with Gasteiger partial charge in [-0.2, -0.15) is 0 Å². The average molecular weight is 272 g/mol. The van der Waals surface area contributed by atoms with Crippen LogP contribution in [-0.2, 0) is 6.54 Å². The molecule has 3 heteroatoms. The summed E-state index contributed by atoms with van der Waals surface area (Å²) in [7, 11) is 1.70. The smallest absolute Gasteiger partial charge is 0.119 e. The molecule has 108 valence electrons. The van der Waals surface area contributed by atoms with Crippen molar-refractivity contribution in [3.8, 4) is 17.6 Å². The standard InChI is InChI=1S/C17H24N2O/c1-17(2)9-5-11-19(17)13-15-12-16(20-3)8-7-14(15)6-4-10-18/h7-8,12H,5,9-11,13,18H2,1-3H3. The van der Waals surface area contributed by atoms with Crippen molar-refractivity contribution in [2.45, 2.75) is 38.8 Å². The molecule has 0 amide bonds. The molecule has 0 aromatic heterocycles. The van der Waals surface area contributed by atoms with Crippen molar-refractivity contribution in [2.24, 2.45) is 5.73 Å². The van der Waals surface area contributed by atoms with Crippen LogP contribution in [0.4, 0.5) is 0 Å². The molecule has 2 N–H and O–H groups in total. The fourth-order valence-corrected chi connectivity index (χ4v) is 2.76. The van der Waals surface area contributed by atoms with Gasteiger partial charge in [-0.1, -0.05) is 11.8 Å². The summed E-state index contributed by atoms with van der Waals surface area (Å²) in [6.07, 6.45) is 2.52. The first-order chi connectivity index (χ1) is 9.56. The van der Waals surface area contributed by atoms with Gasteiger partial charge in [-0.25, -0.2) is 0 Å². The second-order valence-electron chi connectivity index (χ2n) is 5.87. The second kappa shape index (κ2) is 6.30. The fraction of sp³-hybridized carbons (Fsp3) is 0.529. The zero-order chi connectivity index (χ0) is 14.6. The Labute approximate surface area is 122 Å². The minimum absolute atomic E-state index is 0.266. The van der Waals surface area contributed by atoms with E-state index in [2.05, 4.69) is 36.7 Å². The molecule has 1 fully saturated rings. The largest absolute Gasteiger partial charge is 0.497 e. The van der Waals surface area contributed by atoms with Gasteiger partial charge in [0.15, 0.2) is 0 Å². The molecule has 1 aliphatic heterocycles. The predicted molar refractivity (Wildman–Crippen MR) is 82.6 cm³/mol. The van der Waals surface area contributed by atoms with E-state index in [0.29, 0.717) is 6.54 Å². The van der Waals surface area contributed by atoms with Crippen molar-refractivity contribution in [3.05, 3.63) is 29.3 Å². The van der Waals surface area contributed by atoms with E-state index in [1.54, 1.807) is 7.11 Å². The number of nitrogens with zero attached hydrogens (tertiary/aromatic N) is 1. The summed E-state index contributed by atoms with van der Waals surface area (Å²) in [5, 5.41) is 0. The zero-order valence-corrected chi connectivity index (χ0v) is 12.7. The molecule has 0 saturated carbocycles. The third-order valence-electron chi connectivity index (χ3n) is 4.07. The van der Waals surface area contributed by atoms with Crippen LogP contribution in [0.2, 0.25) is 0 Å². The van der Waals surface area contributed by atoms with Crippen LogP contribution in [0.3, 0.4) is 0 Å². The normalized spacial score (nSPS) is 17.6. The number of benzene rings is 1. The van der Waals surface area contributed by atoms with Crippen molar-refractivity contribution in [1.29, 1.82) is 0 Å². The molecule has 1 saturated heterocycles. The molecule has 3 nitrogen and oxygen atoms in total. The summed E-state index contributed by atoms with van der Waals surface area (Å²) in [4.78, 5) is 2.52. The maximum Gasteiger partial charge on any atom is 0.119 e. The monoisotopic (exact) mass is 272 g/mol. The van der Waals surface area contributed by atoms with E-state index in [9.17, 15) is 0 Å². The molecule has 1 aromatic carbocycles. The number of nitrogens with two attached hydrogens (primary N) is 1. The molecular weight excluding hydrogens is 248 g/mol. The van der Waals surface area contributed by atoms with E-state index in [1.165, 1.54) is 18.4 Å². The van der Waals surface area contributed by atoms with E-state index in [1.807, 2.05) is 12.1 Å². The summed E-state index contributed by atoms with van der Waals surface area (Å²) in [6.45, 7) is 7.07. The summed E-state index contributed by atoms with van der Waals surface area (Å²) in [6, 6.07) is 6.08. The van der Waals surface area contributed by atoms with Crippen LogP contribution in [0.5, 0.6) is 5.75 Å². The quantitative estimate of drug-likeness (QED) is 0.859. The fourth-order valence-electron chi connectivity index (χ4n) is 2.76. The Morgan fingerprint density at radius 2 is 2.20 bits per heavy atom. The van der Waals surface area contributed by atoms with Gasteiger partial charge in [0.2, 0.25) is 0 Å². The van der Waals surface area contributed by atoms with Crippen LogP contribution in [0.25, 0.3) is 0 Å². The minimum Gasteiger partial charge on any atom is -0.497 e. The second-order valence-corrected chi connectivity index (χ2v) is 5.87. The summed E-state index contributed by atoms with van der Waals surface area (Å²) in [5.74, 6) is 7.00. The summed E-state index contributed by atoms with van der Waals surface area (Å²) < 4.78 is 5.34. The molecule has 0 atom stereocenters. The Morgan fingerprint density at radius 3 is 2.80 bits per heavy atom. The molecule has 20 heavy (non-hydrogen) atoms. The van der Waals surface area contributed by atoms with E-state index >= 15 is 0 Å². The average Bonchev–Trinajstić information content (AvgIpc) is 2.76. The maximum absolute atomic E-state index is 5.48. The topological polar surface area (TPSA) is 38.5 Å². The van der Waals surface area contributed by atoms with Crippen molar-refractivity contribution in [1.82, 2.24) is 4.90 Å². The third-order valence-corrected chi connectivity index (χ3v) is 4.07. The van der Waals surface area contributed by atoms with Gasteiger partial charge in [-0.3, -0.25) is 4.90 Å². The Balaban J connectivity index is 2.28. The first-order valence-corrected chi connectivity index (χ1v) is 7.18. The lowest BCUT2D eigenvalue weighted by molar-refractivity contribution is 0.166. The van der Waals surface area contributed by atoms with Crippen molar-refractivity contribution in [3.63, 3.8) is 0 Å². The number of hydrogen-bond acceptors (Lipinski definition) is 3. The number of methoxy groups -OCH3 is 1. The molecule has 1 heterocycles. The molecular formula is C17H24N2O. The minimum atomic E-state index is 0.266. The van der Waals surface area contributed by atoms with Crippen molar-refractivity contribution < 1.29 is 4.74 Å². The van der Waals surface area contributed by atoms with Gasteiger partial charge in [0.1, 0.15) is 5.75 Å². The Bertz CT molecular complexity index is 526. The SMILES string of the molecule is COc1ccc(C#CCN)c(CN2CCCC2(C)C)c1. The predicted octanol–water partition coefficient (Wildman–Crippen LogP) is 2.38. The molecule has 0 aliphatic carbocycles. The molecule has 1 aromatic rings. The molecule has 1 aliphatic rings. The maximum atomic E-state index is 5.48. The summed E-state index contributed by atoms with van der Waals surface area (Å²) >= 11 is 0. The van der Waals surface area contributed by atoms with Crippen molar-refractivity contribution in [2.75, 3.05) is 20.2 Å². The van der Waals surface area contributed by atoms with Crippen LogP contribution < -0.4 is 10.5 Å². The number of hydrogen-bond donors (Lipinski definition) is 1. The molecule has 0 bridgehead atoms. The van der Waals surface area contributed by atoms with Gasteiger partial charge in [-0.05, 0) is 57.0 Å².